The molecule has 1 heterocycles. The maximum atomic E-state index is 12.5. The van der Waals surface area contributed by atoms with Gasteiger partial charge in [0.2, 0.25) is 0 Å². The van der Waals surface area contributed by atoms with Crippen LogP contribution < -0.4 is 0 Å². The number of aliphatic hydroxyl groups is 1. The highest BCUT2D eigenvalue weighted by molar-refractivity contribution is 5.83. The quantitative estimate of drug-likeness (QED) is 0.584. The molecule has 1 saturated carbocycles. The number of piperidine rings is 1. The zero-order chi connectivity index (χ0) is 17.3. The highest BCUT2D eigenvalue weighted by atomic mass is 16.6. The van der Waals surface area contributed by atoms with E-state index in [0.29, 0.717) is 13.0 Å². The Kier molecular flexibility index (Phi) is 5.20. The first kappa shape index (κ1) is 18.0. The Labute approximate surface area is 136 Å². The van der Waals surface area contributed by atoms with Crippen molar-refractivity contribution < 1.29 is 28.9 Å². The van der Waals surface area contributed by atoms with Gasteiger partial charge < -0.3 is 19.3 Å². The van der Waals surface area contributed by atoms with Gasteiger partial charge in [-0.25, -0.2) is 9.59 Å². The molecule has 23 heavy (non-hydrogen) atoms. The fourth-order valence-electron chi connectivity index (χ4n) is 3.20. The first-order chi connectivity index (χ1) is 10.7. The molecule has 0 unspecified atom stereocenters. The second kappa shape index (κ2) is 6.65. The number of esters is 1. The van der Waals surface area contributed by atoms with Crippen LogP contribution in [0.15, 0.2) is 0 Å². The molecular weight excluding hydrogens is 302 g/mol. The highest BCUT2D eigenvalue weighted by Gasteiger charge is 2.68. The molecular formula is C16H27NO6. The van der Waals surface area contributed by atoms with E-state index < -0.39 is 23.7 Å². The number of carbonyl (C=O) groups is 2. The van der Waals surface area contributed by atoms with Crippen LogP contribution in [0.25, 0.3) is 0 Å². The van der Waals surface area contributed by atoms with Crippen LogP contribution in [0, 0.1) is 5.41 Å². The molecule has 1 aliphatic heterocycles. The third kappa shape index (κ3) is 3.95. The zero-order valence-electron chi connectivity index (χ0n) is 14.3. The normalized spacial score (nSPS) is 29.2. The molecule has 1 N–H and O–H groups in total. The standard InChI is InChI=1S/C16H27NO6/c1-5-22-13(19)11-8-16(10-21-7-6-18)9-12(16)17(11)14(20)23-15(2,3)4/h11-12,18H,5-10H2,1-4H3/t11-,12-,16+/m0/s1. The summed E-state index contributed by atoms with van der Waals surface area (Å²) in [6.45, 7) is 8.04. The zero-order valence-corrected chi connectivity index (χ0v) is 14.3. The molecule has 0 radical (unpaired) electrons. The Bertz CT molecular complexity index is 460. The van der Waals surface area contributed by atoms with Gasteiger partial charge in [-0.15, -0.1) is 0 Å². The lowest BCUT2D eigenvalue weighted by atomic mass is 10.0. The highest BCUT2D eigenvalue weighted by Crippen LogP contribution is 2.60. The smallest absolute Gasteiger partial charge is 0.411 e. The molecule has 2 fully saturated rings. The van der Waals surface area contributed by atoms with Crippen molar-refractivity contribution in [3.63, 3.8) is 0 Å². The van der Waals surface area contributed by atoms with E-state index in [4.69, 9.17) is 19.3 Å². The molecule has 1 saturated heterocycles. The maximum absolute atomic E-state index is 12.5. The fraction of sp³-hybridized carbons (Fsp3) is 0.875. The third-order valence-electron chi connectivity index (χ3n) is 4.21. The average molecular weight is 329 g/mol. The molecule has 0 aromatic carbocycles. The van der Waals surface area contributed by atoms with Crippen molar-refractivity contribution in [2.45, 2.75) is 58.2 Å². The first-order valence-corrected chi connectivity index (χ1v) is 8.10. The van der Waals surface area contributed by atoms with Gasteiger partial charge in [0.15, 0.2) is 0 Å². The summed E-state index contributed by atoms with van der Waals surface area (Å²) in [5.74, 6) is -0.396. The summed E-state index contributed by atoms with van der Waals surface area (Å²) in [7, 11) is 0. The van der Waals surface area contributed by atoms with E-state index in [1.807, 2.05) is 0 Å². The topological polar surface area (TPSA) is 85.3 Å². The summed E-state index contributed by atoms with van der Waals surface area (Å²) in [4.78, 5) is 26.2. The number of amides is 1. The van der Waals surface area contributed by atoms with E-state index in [1.165, 1.54) is 4.90 Å². The number of nitrogens with zero attached hydrogens (tertiary/aromatic N) is 1. The SMILES string of the molecule is CCOC(=O)[C@@H]1C[C@]2(COCCO)C[C@@H]2N1C(=O)OC(C)(C)C. The van der Waals surface area contributed by atoms with Crippen molar-refractivity contribution >= 4 is 12.1 Å². The number of carbonyl (C=O) groups excluding carboxylic acids is 2. The number of likely N-dealkylation sites (tertiary alicyclic amines) is 1. The predicted molar refractivity (Wildman–Crippen MR) is 81.9 cm³/mol. The van der Waals surface area contributed by atoms with Crippen LogP contribution in [0.4, 0.5) is 4.79 Å². The minimum Gasteiger partial charge on any atom is -0.464 e. The summed E-state index contributed by atoms with van der Waals surface area (Å²) in [5, 5.41) is 8.83. The van der Waals surface area contributed by atoms with Gasteiger partial charge in [0.25, 0.3) is 0 Å². The molecule has 132 valence electrons. The van der Waals surface area contributed by atoms with Crippen LogP contribution in [0.2, 0.25) is 0 Å². The van der Waals surface area contributed by atoms with Gasteiger partial charge >= 0.3 is 12.1 Å². The van der Waals surface area contributed by atoms with Crippen LogP contribution in [0.1, 0.15) is 40.5 Å². The lowest BCUT2D eigenvalue weighted by Crippen LogP contribution is -2.46. The Balaban J connectivity index is 2.10. The molecule has 0 aromatic rings. The Hall–Kier alpha value is -1.34. The maximum Gasteiger partial charge on any atom is 0.411 e. The molecule has 3 atom stereocenters. The van der Waals surface area contributed by atoms with Crippen LogP contribution in [-0.2, 0) is 19.0 Å². The minimum absolute atomic E-state index is 0.0438. The number of hydrogen-bond acceptors (Lipinski definition) is 6. The van der Waals surface area contributed by atoms with Crippen molar-refractivity contribution in [3.05, 3.63) is 0 Å². The predicted octanol–water partition coefficient (Wildman–Crippen LogP) is 1.33. The summed E-state index contributed by atoms with van der Waals surface area (Å²) < 4.78 is 16.0. The minimum atomic E-state index is -0.624. The number of hydrogen-bond donors (Lipinski definition) is 1. The Morgan fingerprint density at radius 1 is 1.30 bits per heavy atom. The second-order valence-corrected chi connectivity index (χ2v) is 7.22. The summed E-state index contributed by atoms with van der Waals surface area (Å²) in [6.07, 6.45) is 0.816. The summed E-state index contributed by atoms with van der Waals surface area (Å²) >= 11 is 0. The average Bonchev–Trinajstić information content (AvgIpc) is 3.02. The number of aliphatic hydroxyl groups excluding tert-OH is 1. The van der Waals surface area contributed by atoms with E-state index in [9.17, 15) is 9.59 Å². The summed E-state index contributed by atoms with van der Waals surface area (Å²) in [5.41, 5.74) is -0.840. The van der Waals surface area contributed by atoms with Crippen LogP contribution in [0.3, 0.4) is 0 Å². The first-order valence-electron chi connectivity index (χ1n) is 8.10. The van der Waals surface area contributed by atoms with Crippen molar-refractivity contribution in [1.82, 2.24) is 4.90 Å². The molecule has 7 heteroatoms. The van der Waals surface area contributed by atoms with Gasteiger partial charge in [-0.3, -0.25) is 4.90 Å². The molecule has 0 bridgehead atoms. The summed E-state index contributed by atoms with van der Waals surface area (Å²) in [6, 6.07) is -0.688. The molecule has 0 spiro atoms. The number of rotatable bonds is 6. The number of ether oxygens (including phenoxy) is 3. The van der Waals surface area contributed by atoms with E-state index >= 15 is 0 Å². The van der Waals surface area contributed by atoms with E-state index in [2.05, 4.69) is 0 Å². The van der Waals surface area contributed by atoms with Crippen LogP contribution >= 0.6 is 0 Å². The molecule has 1 amide bonds. The van der Waals surface area contributed by atoms with Gasteiger partial charge in [-0.1, -0.05) is 0 Å². The molecule has 2 rings (SSSR count). The Morgan fingerprint density at radius 2 is 2.00 bits per heavy atom. The van der Waals surface area contributed by atoms with E-state index in [1.54, 1.807) is 27.7 Å². The van der Waals surface area contributed by atoms with Crippen LogP contribution in [-0.4, -0.2) is 66.2 Å². The molecule has 1 aliphatic carbocycles. The van der Waals surface area contributed by atoms with Gasteiger partial charge in [-0.2, -0.15) is 0 Å². The van der Waals surface area contributed by atoms with Gasteiger partial charge in [0.05, 0.1) is 26.4 Å². The van der Waals surface area contributed by atoms with E-state index in [-0.39, 0.29) is 31.3 Å². The van der Waals surface area contributed by atoms with E-state index in [0.717, 1.165) is 6.42 Å². The van der Waals surface area contributed by atoms with Crippen molar-refractivity contribution in [2.24, 2.45) is 5.41 Å². The van der Waals surface area contributed by atoms with Crippen molar-refractivity contribution in [3.8, 4) is 0 Å². The molecule has 7 nitrogen and oxygen atoms in total. The van der Waals surface area contributed by atoms with Gasteiger partial charge in [0, 0.05) is 11.5 Å². The molecule has 0 aromatic heterocycles. The number of fused-ring (bicyclic) bond motifs is 1. The largest absolute Gasteiger partial charge is 0.464 e. The van der Waals surface area contributed by atoms with Crippen LogP contribution in [0.5, 0.6) is 0 Å². The lowest BCUT2D eigenvalue weighted by molar-refractivity contribution is -0.149. The fourth-order valence-corrected chi connectivity index (χ4v) is 3.20. The van der Waals surface area contributed by atoms with Gasteiger partial charge in [0.1, 0.15) is 11.6 Å². The monoisotopic (exact) mass is 329 g/mol. The Morgan fingerprint density at radius 3 is 2.57 bits per heavy atom. The lowest BCUT2D eigenvalue weighted by Gasteiger charge is -2.29. The van der Waals surface area contributed by atoms with Crippen molar-refractivity contribution in [2.75, 3.05) is 26.4 Å². The van der Waals surface area contributed by atoms with Gasteiger partial charge in [-0.05, 0) is 40.5 Å². The molecule has 2 aliphatic rings. The third-order valence-corrected chi connectivity index (χ3v) is 4.21. The second-order valence-electron chi connectivity index (χ2n) is 7.22. The van der Waals surface area contributed by atoms with Crippen molar-refractivity contribution in [1.29, 1.82) is 0 Å².